The van der Waals surface area contributed by atoms with Crippen LogP contribution in [0.25, 0.3) is 0 Å². The molecular weight excluding hydrogens is 340 g/mol. The van der Waals surface area contributed by atoms with Gasteiger partial charge in [-0.05, 0) is 39.5 Å². The number of nitrogens with zero attached hydrogens (tertiary/aromatic N) is 2. The molecule has 2 aliphatic heterocycles. The lowest BCUT2D eigenvalue weighted by Gasteiger charge is -2.32. The van der Waals surface area contributed by atoms with Gasteiger partial charge < -0.3 is 14.5 Å². The van der Waals surface area contributed by atoms with Crippen LogP contribution in [0.15, 0.2) is 17.8 Å². The number of carbonyl (C=O) groups is 1. The molecule has 1 saturated heterocycles. The summed E-state index contributed by atoms with van der Waals surface area (Å²) in [5.41, 5.74) is 0.650. The van der Waals surface area contributed by atoms with Gasteiger partial charge in [0, 0.05) is 19.5 Å². The summed E-state index contributed by atoms with van der Waals surface area (Å²) in [4.78, 5) is 18.6. The fourth-order valence-corrected chi connectivity index (χ4v) is 3.26. The minimum Gasteiger partial charge on any atom is -0.444 e. The number of amides is 1. The number of likely N-dealkylation sites (tertiary alicyclic amines) is 1. The van der Waals surface area contributed by atoms with Crippen LogP contribution in [0.2, 0.25) is 0 Å². The quantitative estimate of drug-likeness (QED) is 0.621. The summed E-state index contributed by atoms with van der Waals surface area (Å²) < 4.78 is 5.33. The van der Waals surface area contributed by atoms with Crippen LogP contribution in [0.5, 0.6) is 0 Å². The van der Waals surface area contributed by atoms with E-state index < -0.39 is 5.60 Å². The molecule has 0 aromatic carbocycles. The Bertz CT molecular complexity index is 468. The van der Waals surface area contributed by atoms with Crippen molar-refractivity contribution >= 4 is 24.2 Å². The average Bonchev–Trinajstić information content (AvgIpc) is 3.02. The Balaban J connectivity index is 0.000000295. The van der Waals surface area contributed by atoms with Crippen LogP contribution in [0.3, 0.4) is 0 Å². The molecule has 2 fully saturated rings. The smallest absolute Gasteiger partial charge is 0.410 e. The molecule has 0 aromatic rings. The molecule has 2 heterocycles. The van der Waals surface area contributed by atoms with Crippen molar-refractivity contribution in [3.63, 3.8) is 0 Å². The SMILES string of the molecule is C=CC1CCCCC1.CC(C)(C)OC(=O)N1CCC2=NOCC2C1.Cl. The van der Waals surface area contributed by atoms with Crippen LogP contribution in [0.4, 0.5) is 4.79 Å². The molecule has 0 aromatic heterocycles. The van der Waals surface area contributed by atoms with E-state index in [0.29, 0.717) is 19.7 Å². The highest BCUT2D eigenvalue weighted by atomic mass is 35.5. The van der Waals surface area contributed by atoms with Crippen molar-refractivity contribution in [2.24, 2.45) is 17.0 Å². The number of ether oxygens (including phenoxy) is 1. The Morgan fingerprint density at radius 3 is 2.56 bits per heavy atom. The summed E-state index contributed by atoms with van der Waals surface area (Å²) in [5.74, 6) is 1.12. The van der Waals surface area contributed by atoms with Crippen LogP contribution in [-0.4, -0.2) is 42.0 Å². The number of carbonyl (C=O) groups excluding carboxylic acids is 1. The summed E-state index contributed by atoms with van der Waals surface area (Å²) in [6, 6.07) is 0. The van der Waals surface area contributed by atoms with Gasteiger partial charge in [0.2, 0.25) is 0 Å². The van der Waals surface area contributed by atoms with Crippen molar-refractivity contribution in [3.05, 3.63) is 12.7 Å². The van der Waals surface area contributed by atoms with E-state index in [-0.39, 0.29) is 24.4 Å². The Morgan fingerprint density at radius 1 is 1.32 bits per heavy atom. The van der Waals surface area contributed by atoms with Gasteiger partial charge >= 0.3 is 6.09 Å². The number of hydrogen-bond donors (Lipinski definition) is 0. The molecule has 0 spiro atoms. The van der Waals surface area contributed by atoms with Crippen LogP contribution in [0, 0.1) is 11.8 Å². The number of rotatable bonds is 1. The molecule has 0 N–H and O–H groups in total. The summed E-state index contributed by atoms with van der Waals surface area (Å²) >= 11 is 0. The first-order valence-electron chi connectivity index (χ1n) is 9.18. The lowest BCUT2D eigenvalue weighted by atomic mass is 9.90. The predicted octanol–water partition coefficient (Wildman–Crippen LogP) is 4.80. The zero-order valence-electron chi connectivity index (χ0n) is 15.8. The Labute approximate surface area is 158 Å². The molecule has 1 aliphatic carbocycles. The monoisotopic (exact) mass is 372 g/mol. The van der Waals surface area contributed by atoms with E-state index in [1.165, 1.54) is 32.1 Å². The largest absolute Gasteiger partial charge is 0.444 e. The van der Waals surface area contributed by atoms with Gasteiger partial charge in [-0.1, -0.05) is 30.5 Å². The third-order valence-corrected chi connectivity index (χ3v) is 4.64. The average molecular weight is 373 g/mol. The molecule has 1 saturated carbocycles. The van der Waals surface area contributed by atoms with E-state index in [1.807, 2.05) is 20.8 Å². The van der Waals surface area contributed by atoms with Crippen molar-refractivity contribution < 1.29 is 14.4 Å². The first kappa shape index (κ1) is 21.8. The van der Waals surface area contributed by atoms with E-state index in [4.69, 9.17) is 9.57 Å². The molecule has 1 amide bonds. The highest BCUT2D eigenvalue weighted by Crippen LogP contribution is 2.23. The van der Waals surface area contributed by atoms with Gasteiger partial charge in [0.05, 0.1) is 11.6 Å². The first-order valence-corrected chi connectivity index (χ1v) is 9.18. The van der Waals surface area contributed by atoms with Crippen molar-refractivity contribution in [1.29, 1.82) is 0 Å². The van der Waals surface area contributed by atoms with E-state index in [2.05, 4.69) is 17.8 Å². The summed E-state index contributed by atoms with van der Waals surface area (Å²) in [6.45, 7) is 11.3. The van der Waals surface area contributed by atoms with Gasteiger partial charge in [-0.2, -0.15) is 0 Å². The predicted molar refractivity (Wildman–Crippen MR) is 103 cm³/mol. The molecule has 3 aliphatic rings. The second kappa shape index (κ2) is 10.0. The molecule has 1 atom stereocenters. The zero-order valence-corrected chi connectivity index (χ0v) is 16.6. The van der Waals surface area contributed by atoms with Crippen molar-refractivity contribution in [2.45, 2.75) is 64.9 Å². The maximum atomic E-state index is 11.8. The molecule has 1 unspecified atom stereocenters. The lowest BCUT2D eigenvalue weighted by Crippen LogP contribution is -2.46. The normalized spacial score (nSPS) is 23.1. The highest BCUT2D eigenvalue weighted by Gasteiger charge is 2.34. The third-order valence-electron chi connectivity index (χ3n) is 4.64. The molecule has 25 heavy (non-hydrogen) atoms. The Kier molecular flexibility index (Phi) is 8.77. The van der Waals surface area contributed by atoms with E-state index >= 15 is 0 Å². The number of piperidine rings is 1. The van der Waals surface area contributed by atoms with Gasteiger partial charge in [0.1, 0.15) is 12.2 Å². The van der Waals surface area contributed by atoms with Gasteiger partial charge in [0.15, 0.2) is 0 Å². The number of hydrogen-bond acceptors (Lipinski definition) is 4. The molecule has 6 heteroatoms. The van der Waals surface area contributed by atoms with E-state index in [9.17, 15) is 4.79 Å². The highest BCUT2D eigenvalue weighted by molar-refractivity contribution is 5.89. The lowest BCUT2D eigenvalue weighted by molar-refractivity contribution is 0.0212. The maximum Gasteiger partial charge on any atom is 0.410 e. The summed E-state index contributed by atoms with van der Waals surface area (Å²) in [7, 11) is 0. The zero-order chi connectivity index (χ0) is 17.6. The number of oxime groups is 1. The standard InChI is InChI=1S/C11H18N2O3.C8H14.ClH/c1-11(2,3)16-10(14)13-5-4-9-8(6-13)7-15-12-9;1-2-8-6-4-3-5-7-8;/h8H,4-7H2,1-3H3;2,8H,1,3-7H2;1H. The van der Waals surface area contributed by atoms with Crippen molar-refractivity contribution in [1.82, 2.24) is 4.90 Å². The van der Waals surface area contributed by atoms with E-state index in [1.54, 1.807) is 4.90 Å². The van der Waals surface area contributed by atoms with E-state index in [0.717, 1.165) is 18.1 Å². The topological polar surface area (TPSA) is 51.1 Å². The molecule has 0 bridgehead atoms. The molecule has 144 valence electrons. The van der Waals surface area contributed by atoms with Crippen molar-refractivity contribution in [2.75, 3.05) is 19.7 Å². The van der Waals surface area contributed by atoms with Gasteiger partial charge in [-0.25, -0.2) is 4.79 Å². The van der Waals surface area contributed by atoms with Crippen LogP contribution in [-0.2, 0) is 9.57 Å². The summed E-state index contributed by atoms with van der Waals surface area (Å²) in [5, 5.41) is 3.96. The van der Waals surface area contributed by atoms with Gasteiger partial charge in [0.25, 0.3) is 0 Å². The van der Waals surface area contributed by atoms with Crippen molar-refractivity contribution in [3.8, 4) is 0 Å². The Hall–Kier alpha value is -1.23. The third kappa shape index (κ3) is 7.27. The fraction of sp³-hybridized carbons (Fsp3) is 0.789. The minimum absolute atomic E-state index is 0. The number of allylic oxidation sites excluding steroid dienone is 1. The molecule has 5 nitrogen and oxygen atoms in total. The van der Waals surface area contributed by atoms with Crippen LogP contribution < -0.4 is 0 Å². The summed E-state index contributed by atoms with van der Waals surface area (Å²) in [6.07, 6.45) is 9.76. The fourth-order valence-electron chi connectivity index (χ4n) is 3.26. The second-order valence-electron chi connectivity index (χ2n) is 7.89. The van der Waals surface area contributed by atoms with Crippen LogP contribution >= 0.6 is 12.4 Å². The molecule has 0 radical (unpaired) electrons. The Morgan fingerprint density at radius 2 is 2.00 bits per heavy atom. The number of halogens is 1. The second-order valence-corrected chi connectivity index (χ2v) is 7.89. The van der Waals surface area contributed by atoms with Gasteiger partial charge in [-0.15, -0.1) is 19.0 Å². The van der Waals surface area contributed by atoms with Gasteiger partial charge in [-0.3, -0.25) is 0 Å². The number of fused-ring (bicyclic) bond motifs is 1. The molecular formula is C19H33ClN2O3. The maximum absolute atomic E-state index is 11.8. The first-order chi connectivity index (χ1) is 11.4. The van der Waals surface area contributed by atoms with Crippen LogP contribution in [0.1, 0.15) is 59.3 Å². The minimum atomic E-state index is -0.433. The molecule has 3 rings (SSSR count).